The van der Waals surface area contributed by atoms with Crippen molar-refractivity contribution in [2.75, 3.05) is 16.8 Å². The second-order valence-electron chi connectivity index (χ2n) is 7.34. The van der Waals surface area contributed by atoms with E-state index in [2.05, 4.69) is 4.85 Å². The third kappa shape index (κ3) is 2.77. The van der Waals surface area contributed by atoms with Gasteiger partial charge < -0.3 is 10.2 Å². The van der Waals surface area contributed by atoms with Gasteiger partial charge >= 0.3 is 0 Å². The predicted molar refractivity (Wildman–Crippen MR) is 116 cm³/mol. The summed E-state index contributed by atoms with van der Waals surface area (Å²) in [6.07, 6.45) is 1.87. The molecular formula is C22H19FN4O2S. The lowest BCUT2D eigenvalue weighted by atomic mass is 9.75. The Labute approximate surface area is 183 Å². The lowest BCUT2D eigenvalue weighted by molar-refractivity contribution is -0.123. The largest absolute Gasteiger partial charge is 0.355 e. The molecular weight excluding hydrogens is 403 g/mol. The smallest absolute Gasteiger partial charge is 0.259 e. The van der Waals surface area contributed by atoms with E-state index < -0.39 is 29.8 Å². The summed E-state index contributed by atoms with van der Waals surface area (Å²) in [6, 6.07) is 8.72. The Balaban J connectivity index is 1.72. The van der Waals surface area contributed by atoms with Crippen LogP contribution in [0.15, 0.2) is 36.4 Å². The summed E-state index contributed by atoms with van der Waals surface area (Å²) in [5, 5.41) is 1.94. The molecule has 4 rings (SSSR count). The maximum absolute atomic E-state index is 14.8. The lowest BCUT2D eigenvalue weighted by Gasteiger charge is -2.43. The van der Waals surface area contributed by atoms with E-state index >= 15 is 0 Å². The minimum Gasteiger partial charge on any atom is -0.355 e. The topological polar surface area (TPSA) is 57.0 Å². The molecule has 6 nitrogen and oxygen atoms in total. The summed E-state index contributed by atoms with van der Waals surface area (Å²) in [5.74, 6) is -2.21. The molecule has 8 heteroatoms. The summed E-state index contributed by atoms with van der Waals surface area (Å²) in [5.41, 5.74) is 0.634. The van der Waals surface area contributed by atoms with Crippen molar-refractivity contribution in [3.05, 3.63) is 64.8 Å². The van der Waals surface area contributed by atoms with Crippen LogP contribution in [0, 0.1) is 19.3 Å². The van der Waals surface area contributed by atoms with Crippen LogP contribution in [0.3, 0.4) is 0 Å². The normalized spacial score (nSPS) is 19.0. The third-order valence-corrected chi connectivity index (χ3v) is 6.09. The molecule has 152 valence electrons. The number of anilines is 2. The summed E-state index contributed by atoms with van der Waals surface area (Å²) >= 11 is 5.65. The van der Waals surface area contributed by atoms with Crippen LogP contribution >= 0.6 is 12.2 Å². The monoisotopic (exact) mass is 425 g/mol. The SMILES string of the molecule is [2H]C([2H])([2H])NC(=O)c1ccc(N2C(=S)N(c3ccc([N+]#[C-])c(C)c3)C(=O)C23CCC3)cc1F. The van der Waals surface area contributed by atoms with Crippen molar-refractivity contribution in [1.82, 2.24) is 5.32 Å². The molecule has 1 N–H and O–H groups in total. The van der Waals surface area contributed by atoms with Crippen molar-refractivity contribution in [2.24, 2.45) is 0 Å². The Kier molecular flexibility index (Phi) is 3.95. The van der Waals surface area contributed by atoms with Crippen LogP contribution in [-0.4, -0.2) is 29.4 Å². The molecule has 1 aliphatic heterocycles. The van der Waals surface area contributed by atoms with E-state index in [0.29, 0.717) is 35.5 Å². The fraction of sp³-hybridized carbons (Fsp3) is 0.273. The minimum absolute atomic E-state index is 0.175. The van der Waals surface area contributed by atoms with Crippen LogP contribution in [-0.2, 0) is 4.79 Å². The van der Waals surface area contributed by atoms with Crippen molar-refractivity contribution in [1.29, 1.82) is 0 Å². The van der Waals surface area contributed by atoms with E-state index in [1.54, 1.807) is 35.3 Å². The average Bonchev–Trinajstić information content (AvgIpc) is 2.93. The molecule has 1 spiro atoms. The Morgan fingerprint density at radius 2 is 2.03 bits per heavy atom. The number of carbonyl (C=O) groups is 2. The van der Waals surface area contributed by atoms with E-state index in [-0.39, 0.29) is 11.0 Å². The van der Waals surface area contributed by atoms with Crippen LogP contribution in [0.4, 0.5) is 21.5 Å². The zero-order chi connectivity index (χ0) is 24.1. The molecule has 0 unspecified atom stereocenters. The highest BCUT2D eigenvalue weighted by atomic mass is 32.1. The second kappa shape index (κ2) is 7.18. The van der Waals surface area contributed by atoms with Gasteiger partial charge in [0.2, 0.25) is 0 Å². The van der Waals surface area contributed by atoms with E-state index in [1.807, 2.05) is 0 Å². The van der Waals surface area contributed by atoms with Gasteiger partial charge in [0.15, 0.2) is 10.8 Å². The van der Waals surface area contributed by atoms with E-state index in [0.717, 1.165) is 12.5 Å². The highest BCUT2D eigenvalue weighted by Crippen LogP contribution is 2.48. The number of amides is 2. The molecule has 2 fully saturated rings. The molecule has 2 amide bonds. The van der Waals surface area contributed by atoms with E-state index in [9.17, 15) is 14.0 Å². The number of hydrogen-bond acceptors (Lipinski definition) is 3. The van der Waals surface area contributed by atoms with Gasteiger partial charge in [-0.15, -0.1) is 0 Å². The minimum atomic E-state index is -2.75. The van der Waals surface area contributed by atoms with Gasteiger partial charge in [0.05, 0.1) is 12.1 Å². The maximum Gasteiger partial charge on any atom is 0.259 e. The first-order chi connectivity index (χ1) is 15.5. The number of halogens is 1. The van der Waals surface area contributed by atoms with Crippen LogP contribution in [0.5, 0.6) is 0 Å². The quantitative estimate of drug-likeness (QED) is 0.594. The molecule has 0 bridgehead atoms. The van der Waals surface area contributed by atoms with Crippen LogP contribution in [0.25, 0.3) is 4.85 Å². The average molecular weight is 426 g/mol. The molecule has 1 saturated heterocycles. The van der Waals surface area contributed by atoms with Crippen molar-refractivity contribution < 1.29 is 18.1 Å². The number of aryl methyl sites for hydroxylation is 1. The summed E-state index contributed by atoms with van der Waals surface area (Å²) < 4.78 is 36.2. The highest BCUT2D eigenvalue weighted by Gasteiger charge is 2.59. The van der Waals surface area contributed by atoms with Gasteiger partial charge in [-0.2, -0.15) is 0 Å². The molecule has 2 aromatic rings. The summed E-state index contributed by atoms with van der Waals surface area (Å²) in [4.78, 5) is 32.1. The number of rotatable bonds is 3. The van der Waals surface area contributed by atoms with Gasteiger partial charge in [0.25, 0.3) is 11.8 Å². The summed E-state index contributed by atoms with van der Waals surface area (Å²) in [7, 11) is 0. The second-order valence-corrected chi connectivity index (χ2v) is 7.71. The number of nitrogens with zero attached hydrogens (tertiary/aromatic N) is 3. The Bertz CT molecular complexity index is 1240. The van der Waals surface area contributed by atoms with Gasteiger partial charge in [-0.25, -0.2) is 9.24 Å². The number of hydrogen-bond donors (Lipinski definition) is 1. The molecule has 1 heterocycles. The van der Waals surface area contributed by atoms with Crippen molar-refractivity contribution in [2.45, 2.75) is 31.7 Å². The van der Waals surface area contributed by atoms with Crippen LogP contribution in [0.1, 0.15) is 39.3 Å². The molecule has 1 aliphatic carbocycles. The third-order valence-electron chi connectivity index (χ3n) is 5.72. The first kappa shape index (κ1) is 16.5. The standard InChI is InChI=1S/C22H19FN4O2S/c1-13-11-14(6-8-18(13)24-2)26-20(29)22(9-4-10-22)27(21(26)30)15-5-7-16(17(23)12-15)19(28)25-3/h5-8,11-12H,4,9-10H2,1,3H3,(H,25,28)/i3D3. The summed E-state index contributed by atoms with van der Waals surface area (Å²) in [6.45, 7) is 6.25. The first-order valence-corrected chi connectivity index (χ1v) is 9.68. The molecule has 2 aliphatic rings. The molecule has 1 saturated carbocycles. The fourth-order valence-electron chi connectivity index (χ4n) is 4.01. The fourth-order valence-corrected chi connectivity index (χ4v) is 4.48. The van der Waals surface area contributed by atoms with Gasteiger partial charge in [-0.1, -0.05) is 6.07 Å². The number of carbonyl (C=O) groups excluding carboxylic acids is 2. The van der Waals surface area contributed by atoms with Gasteiger partial charge in [-0.3, -0.25) is 14.5 Å². The zero-order valence-corrected chi connectivity index (χ0v) is 16.8. The number of nitrogens with one attached hydrogen (secondary N) is 1. The highest BCUT2D eigenvalue weighted by molar-refractivity contribution is 7.81. The Morgan fingerprint density at radius 1 is 1.30 bits per heavy atom. The Hall–Kier alpha value is -3.31. The van der Waals surface area contributed by atoms with Gasteiger partial charge in [-0.05, 0) is 74.3 Å². The molecule has 0 radical (unpaired) electrons. The first-order valence-electron chi connectivity index (χ1n) is 10.8. The predicted octanol–water partition coefficient (Wildman–Crippen LogP) is 4.11. The maximum atomic E-state index is 14.8. The number of thiocarbonyl (C=S) groups is 1. The molecule has 0 aromatic heterocycles. The van der Waals surface area contributed by atoms with Gasteiger partial charge in [0, 0.05) is 22.5 Å². The number of benzene rings is 2. The van der Waals surface area contributed by atoms with Crippen molar-refractivity contribution in [3.63, 3.8) is 0 Å². The zero-order valence-electron chi connectivity index (χ0n) is 19.0. The van der Waals surface area contributed by atoms with Crippen LogP contribution in [0.2, 0.25) is 0 Å². The van der Waals surface area contributed by atoms with Crippen LogP contribution < -0.4 is 15.1 Å². The van der Waals surface area contributed by atoms with Gasteiger partial charge in [0.1, 0.15) is 11.4 Å². The molecule has 2 aromatic carbocycles. The van der Waals surface area contributed by atoms with Crippen molar-refractivity contribution >= 4 is 46.2 Å². The lowest BCUT2D eigenvalue weighted by Crippen LogP contribution is -2.55. The molecule has 0 atom stereocenters. The van der Waals surface area contributed by atoms with E-state index in [4.69, 9.17) is 22.9 Å². The molecule has 30 heavy (non-hydrogen) atoms. The van der Waals surface area contributed by atoms with Crippen molar-refractivity contribution in [3.8, 4) is 0 Å². The van der Waals surface area contributed by atoms with E-state index in [1.165, 1.54) is 17.0 Å². The Morgan fingerprint density at radius 3 is 2.60 bits per heavy atom.